The number of benzene rings is 4. The molecule has 0 spiro atoms. The Hall–Kier alpha value is -4.14. The Morgan fingerprint density at radius 1 is 0.545 bits per heavy atom. The van der Waals surface area contributed by atoms with E-state index in [1.807, 2.05) is 60.7 Å². The van der Waals surface area contributed by atoms with Gasteiger partial charge in [-0.25, -0.2) is 9.59 Å². The molecule has 2 heterocycles. The molecule has 44 heavy (non-hydrogen) atoms. The number of rotatable bonds is 17. The topological polar surface area (TPSA) is 96.1 Å². The number of fused-ring (bicyclic) bond motifs is 2. The molecule has 0 aliphatic carbocycles. The van der Waals surface area contributed by atoms with Gasteiger partial charge >= 0.3 is 11.9 Å². The summed E-state index contributed by atoms with van der Waals surface area (Å²) >= 11 is 0. The van der Waals surface area contributed by atoms with Crippen LogP contribution in [0.4, 0.5) is 0 Å². The van der Waals surface area contributed by atoms with Gasteiger partial charge in [0, 0.05) is 0 Å². The van der Waals surface area contributed by atoms with Crippen LogP contribution in [-0.2, 0) is 18.9 Å². The number of esters is 2. The van der Waals surface area contributed by atoms with Crippen LogP contribution in [0.2, 0.25) is 0 Å². The van der Waals surface area contributed by atoms with Crippen molar-refractivity contribution in [2.45, 2.75) is 50.7 Å². The number of hydrogen-bond donors (Lipinski definition) is 0. The van der Waals surface area contributed by atoms with E-state index in [9.17, 15) is 9.59 Å². The molecule has 0 amide bonds. The van der Waals surface area contributed by atoms with E-state index in [0.29, 0.717) is 50.8 Å². The Balaban J connectivity index is 0.827. The summed E-state index contributed by atoms with van der Waals surface area (Å²) in [6.45, 7) is 3.32. The second kappa shape index (κ2) is 14.6. The van der Waals surface area contributed by atoms with Crippen LogP contribution in [0.5, 0.6) is 11.5 Å². The zero-order valence-corrected chi connectivity index (χ0v) is 24.8. The van der Waals surface area contributed by atoms with Gasteiger partial charge in [0.15, 0.2) is 0 Å². The van der Waals surface area contributed by atoms with Gasteiger partial charge in [-0.1, -0.05) is 49.9 Å². The van der Waals surface area contributed by atoms with Crippen molar-refractivity contribution < 1.29 is 38.0 Å². The normalized spacial score (nSPS) is 16.9. The number of unbranched alkanes of at least 4 members (excludes halogenated alkanes) is 5. The molecule has 230 valence electrons. The number of hydrogen-bond acceptors (Lipinski definition) is 8. The lowest BCUT2D eigenvalue weighted by atomic mass is 10.1. The van der Waals surface area contributed by atoms with Crippen molar-refractivity contribution >= 4 is 33.5 Å². The molecule has 8 heteroatoms. The first-order chi connectivity index (χ1) is 21.6. The average molecular weight is 599 g/mol. The van der Waals surface area contributed by atoms with Crippen LogP contribution in [0, 0.1) is 0 Å². The lowest BCUT2D eigenvalue weighted by molar-refractivity contribution is 0.0469. The molecule has 2 aliphatic rings. The van der Waals surface area contributed by atoms with Crippen molar-refractivity contribution in [2.24, 2.45) is 0 Å². The molecule has 2 fully saturated rings. The van der Waals surface area contributed by atoms with E-state index in [1.165, 1.54) is 12.8 Å². The lowest BCUT2D eigenvalue weighted by Crippen LogP contribution is -2.09. The maximum absolute atomic E-state index is 12.2. The first kappa shape index (κ1) is 29.9. The van der Waals surface area contributed by atoms with E-state index >= 15 is 0 Å². The Bertz CT molecular complexity index is 1470. The molecule has 0 radical (unpaired) electrons. The molecule has 2 atom stereocenters. The van der Waals surface area contributed by atoms with Crippen LogP contribution in [0.25, 0.3) is 21.5 Å². The van der Waals surface area contributed by atoms with Crippen LogP contribution in [0.15, 0.2) is 72.8 Å². The molecule has 0 N–H and O–H groups in total. The van der Waals surface area contributed by atoms with Gasteiger partial charge in [-0.15, -0.1) is 0 Å². The highest BCUT2D eigenvalue weighted by atomic mass is 16.6. The fourth-order valence-electron chi connectivity index (χ4n) is 5.00. The van der Waals surface area contributed by atoms with Crippen molar-refractivity contribution in [2.75, 3.05) is 39.6 Å². The Kier molecular flexibility index (Phi) is 9.90. The maximum Gasteiger partial charge on any atom is 0.338 e. The third-order valence-electron chi connectivity index (χ3n) is 7.78. The smallest absolute Gasteiger partial charge is 0.338 e. The Morgan fingerprint density at radius 2 is 0.932 bits per heavy atom. The predicted molar refractivity (Wildman–Crippen MR) is 167 cm³/mol. The second-order valence-electron chi connectivity index (χ2n) is 11.4. The minimum absolute atomic E-state index is 0.0618. The molecule has 2 aliphatic heterocycles. The number of carbonyl (C=O) groups excluding carboxylic acids is 2. The van der Waals surface area contributed by atoms with E-state index in [4.69, 9.17) is 28.4 Å². The first-order valence-electron chi connectivity index (χ1n) is 15.5. The Morgan fingerprint density at radius 3 is 1.36 bits per heavy atom. The van der Waals surface area contributed by atoms with Gasteiger partial charge in [-0.2, -0.15) is 0 Å². The van der Waals surface area contributed by atoms with Crippen LogP contribution in [-0.4, -0.2) is 63.8 Å². The molecular formula is C36H38O8. The zero-order chi connectivity index (χ0) is 30.1. The number of carbonyl (C=O) groups is 2. The lowest BCUT2D eigenvalue weighted by Gasteiger charge is -2.09. The predicted octanol–water partition coefficient (Wildman–Crippen LogP) is 6.90. The molecule has 4 aromatic carbocycles. The summed E-state index contributed by atoms with van der Waals surface area (Å²) in [6.07, 6.45) is 6.73. The first-order valence-corrected chi connectivity index (χ1v) is 15.5. The summed E-state index contributed by atoms with van der Waals surface area (Å²) in [7, 11) is 0. The van der Waals surface area contributed by atoms with Crippen molar-refractivity contribution in [1.29, 1.82) is 0 Å². The van der Waals surface area contributed by atoms with Gasteiger partial charge in [0.2, 0.25) is 0 Å². The van der Waals surface area contributed by atoms with Crippen molar-refractivity contribution in [3.05, 3.63) is 83.9 Å². The third kappa shape index (κ3) is 8.71. The molecule has 8 nitrogen and oxygen atoms in total. The quantitative estimate of drug-likeness (QED) is 0.0736. The standard InChI is InChI=1S/C36H38O8/c37-35(43-23-33-21-41-33)29-9-7-27-19-31(13-11-25(27)17-29)39-15-5-3-1-2-4-6-16-40-32-14-12-26-18-30(10-8-28(26)20-32)36(38)44-24-34-22-42-34/h7-14,17-20,33-34H,1-6,15-16,21-24H2. The zero-order valence-electron chi connectivity index (χ0n) is 24.8. The highest BCUT2D eigenvalue weighted by molar-refractivity contribution is 5.96. The minimum atomic E-state index is -0.322. The Labute approximate surface area is 257 Å². The van der Waals surface area contributed by atoms with Crippen LogP contribution in [0.1, 0.15) is 59.2 Å². The highest BCUT2D eigenvalue weighted by Crippen LogP contribution is 2.25. The van der Waals surface area contributed by atoms with E-state index in [1.54, 1.807) is 12.1 Å². The summed E-state index contributed by atoms with van der Waals surface area (Å²) in [6, 6.07) is 23.0. The monoisotopic (exact) mass is 598 g/mol. The van der Waals surface area contributed by atoms with Gasteiger partial charge in [0.1, 0.15) is 36.9 Å². The molecule has 0 aromatic heterocycles. The maximum atomic E-state index is 12.2. The summed E-state index contributed by atoms with van der Waals surface area (Å²) < 4.78 is 32.7. The molecule has 0 saturated carbocycles. The number of epoxide rings is 2. The van der Waals surface area contributed by atoms with Crippen LogP contribution >= 0.6 is 0 Å². The SMILES string of the molecule is O=C(OCC1CO1)c1ccc2cc(OCCCCCCCCOc3ccc4cc(C(=O)OCC5CO5)ccc4c3)ccc2c1. The molecule has 0 bridgehead atoms. The van der Waals surface area contributed by atoms with Gasteiger partial charge in [0.05, 0.1) is 37.6 Å². The third-order valence-corrected chi connectivity index (χ3v) is 7.78. The molecule has 4 aromatic rings. The summed E-state index contributed by atoms with van der Waals surface area (Å²) in [5, 5.41) is 4.02. The molecule has 2 saturated heterocycles. The van der Waals surface area contributed by atoms with Crippen LogP contribution < -0.4 is 9.47 Å². The van der Waals surface area contributed by atoms with Crippen molar-refractivity contribution in [3.8, 4) is 11.5 Å². The summed E-state index contributed by atoms with van der Waals surface area (Å²) in [4.78, 5) is 24.4. The molecule has 2 unspecified atom stereocenters. The van der Waals surface area contributed by atoms with Gasteiger partial charge in [0.25, 0.3) is 0 Å². The highest BCUT2D eigenvalue weighted by Gasteiger charge is 2.25. The fourth-order valence-corrected chi connectivity index (χ4v) is 5.00. The second-order valence-corrected chi connectivity index (χ2v) is 11.4. The summed E-state index contributed by atoms with van der Waals surface area (Å²) in [5.41, 5.74) is 1.09. The van der Waals surface area contributed by atoms with Gasteiger partial charge < -0.3 is 28.4 Å². The molecular weight excluding hydrogens is 560 g/mol. The fraction of sp³-hybridized carbons (Fsp3) is 0.389. The van der Waals surface area contributed by atoms with E-state index in [2.05, 4.69) is 0 Å². The largest absolute Gasteiger partial charge is 0.494 e. The average Bonchev–Trinajstić information content (AvgIpc) is 3.99. The van der Waals surface area contributed by atoms with Crippen molar-refractivity contribution in [1.82, 2.24) is 0 Å². The molecule has 6 rings (SSSR count). The number of ether oxygens (including phenoxy) is 6. The minimum Gasteiger partial charge on any atom is -0.494 e. The van der Waals surface area contributed by atoms with Gasteiger partial charge in [-0.3, -0.25) is 0 Å². The van der Waals surface area contributed by atoms with E-state index in [-0.39, 0.29) is 24.1 Å². The van der Waals surface area contributed by atoms with Gasteiger partial charge in [-0.05, 0) is 82.9 Å². The van der Waals surface area contributed by atoms with Crippen LogP contribution in [0.3, 0.4) is 0 Å². The summed E-state index contributed by atoms with van der Waals surface area (Å²) in [5.74, 6) is 1.03. The van der Waals surface area contributed by atoms with E-state index in [0.717, 1.165) is 58.7 Å². The van der Waals surface area contributed by atoms with Crippen molar-refractivity contribution in [3.63, 3.8) is 0 Å². The van der Waals surface area contributed by atoms with E-state index < -0.39 is 0 Å².